The second-order valence-corrected chi connectivity index (χ2v) is 11.4. The van der Waals surface area contributed by atoms with Crippen molar-refractivity contribution in [3.8, 4) is 0 Å². The van der Waals surface area contributed by atoms with Crippen molar-refractivity contribution in [2.45, 2.75) is 78.6 Å². The Morgan fingerprint density at radius 3 is 0.978 bits per heavy atom. The molecule has 0 unspecified atom stereocenters. The molecule has 0 bridgehead atoms. The maximum atomic E-state index is 13.7. The average molecular weight is 604 g/mol. The molecule has 0 aliphatic rings. The second-order valence-electron chi connectivity index (χ2n) is 11.4. The molecule has 234 valence electrons. The molecule has 0 radical (unpaired) electrons. The van der Waals surface area contributed by atoms with Gasteiger partial charge < -0.3 is 16.0 Å². The van der Waals surface area contributed by atoms with E-state index in [4.69, 9.17) is 0 Å². The first-order valence-electron chi connectivity index (χ1n) is 16.3. The zero-order valence-electron chi connectivity index (χ0n) is 26.7. The molecule has 0 saturated heterocycles. The predicted molar refractivity (Wildman–Crippen MR) is 185 cm³/mol. The van der Waals surface area contributed by atoms with E-state index in [-0.39, 0.29) is 34.4 Å². The minimum Gasteiger partial charge on any atom is -0.322 e. The average Bonchev–Trinajstić information content (AvgIpc) is 3.06. The third-order valence-corrected chi connectivity index (χ3v) is 7.92. The first kappa shape index (κ1) is 33.2. The molecule has 45 heavy (non-hydrogen) atoms. The van der Waals surface area contributed by atoms with Crippen LogP contribution in [0.3, 0.4) is 0 Å². The van der Waals surface area contributed by atoms with E-state index in [1.807, 2.05) is 72.8 Å². The zero-order valence-corrected chi connectivity index (χ0v) is 26.7. The third kappa shape index (κ3) is 9.39. The van der Waals surface area contributed by atoms with Crippen molar-refractivity contribution in [1.82, 2.24) is 0 Å². The molecule has 0 atom stereocenters. The number of carbonyl (C=O) groups excluding carboxylic acids is 3. The number of para-hydroxylation sites is 3. The molecule has 3 N–H and O–H groups in total. The lowest BCUT2D eigenvalue weighted by molar-refractivity contribution is 0.102. The molecule has 4 rings (SSSR count). The summed E-state index contributed by atoms with van der Waals surface area (Å²) in [6.45, 7) is 6.40. The highest BCUT2D eigenvalue weighted by Crippen LogP contribution is 2.23. The molecule has 0 aromatic heterocycles. The SMILES string of the molecule is CCCCc1ccccc1NC(=O)c1cc(C(=O)Nc2ccccc2CCCC)cc(C(=O)Nc2ccccc2CCCC)c1. The Morgan fingerprint density at radius 2 is 0.711 bits per heavy atom. The summed E-state index contributed by atoms with van der Waals surface area (Å²) in [5.74, 6) is -1.14. The highest BCUT2D eigenvalue weighted by atomic mass is 16.2. The predicted octanol–water partition coefficient (Wildman–Crippen LogP) is 9.47. The highest BCUT2D eigenvalue weighted by Gasteiger charge is 2.19. The molecule has 6 heteroatoms. The van der Waals surface area contributed by atoms with Gasteiger partial charge in [-0.3, -0.25) is 14.4 Å². The molecule has 4 aromatic rings. The summed E-state index contributed by atoms with van der Waals surface area (Å²) < 4.78 is 0. The van der Waals surface area contributed by atoms with Crippen LogP contribution in [0.2, 0.25) is 0 Å². The third-order valence-electron chi connectivity index (χ3n) is 7.92. The highest BCUT2D eigenvalue weighted by molar-refractivity contribution is 6.13. The number of hydrogen-bond donors (Lipinski definition) is 3. The van der Waals surface area contributed by atoms with Crippen LogP contribution in [-0.2, 0) is 19.3 Å². The van der Waals surface area contributed by atoms with E-state index >= 15 is 0 Å². The number of aryl methyl sites for hydroxylation is 3. The van der Waals surface area contributed by atoms with Crippen LogP contribution in [0, 0.1) is 0 Å². The molecule has 0 saturated carbocycles. The molecule has 6 nitrogen and oxygen atoms in total. The lowest BCUT2D eigenvalue weighted by Crippen LogP contribution is -2.20. The van der Waals surface area contributed by atoms with Gasteiger partial charge in [0.05, 0.1) is 0 Å². The number of benzene rings is 4. The maximum Gasteiger partial charge on any atom is 0.255 e. The number of rotatable bonds is 15. The van der Waals surface area contributed by atoms with Gasteiger partial charge in [0.2, 0.25) is 0 Å². The summed E-state index contributed by atoms with van der Waals surface area (Å²) in [4.78, 5) is 41.0. The van der Waals surface area contributed by atoms with Crippen molar-refractivity contribution in [2.24, 2.45) is 0 Å². The van der Waals surface area contributed by atoms with Gasteiger partial charge in [0, 0.05) is 33.8 Å². The minimum absolute atomic E-state index is 0.233. The Kier molecular flexibility index (Phi) is 12.5. The van der Waals surface area contributed by atoms with Crippen LogP contribution in [0.15, 0.2) is 91.0 Å². The van der Waals surface area contributed by atoms with Crippen LogP contribution in [0.25, 0.3) is 0 Å². The number of carbonyl (C=O) groups is 3. The molecule has 0 heterocycles. The number of amides is 3. The fourth-order valence-electron chi connectivity index (χ4n) is 5.29. The van der Waals surface area contributed by atoms with E-state index in [0.29, 0.717) is 0 Å². The van der Waals surface area contributed by atoms with E-state index in [1.165, 1.54) is 0 Å². The number of nitrogens with one attached hydrogen (secondary N) is 3. The van der Waals surface area contributed by atoms with Crippen molar-refractivity contribution in [1.29, 1.82) is 0 Å². The van der Waals surface area contributed by atoms with Crippen molar-refractivity contribution in [3.63, 3.8) is 0 Å². The minimum atomic E-state index is -0.380. The van der Waals surface area contributed by atoms with E-state index < -0.39 is 0 Å². The molecule has 0 aliphatic heterocycles. The Labute approximate surface area is 267 Å². The van der Waals surface area contributed by atoms with Gasteiger partial charge in [-0.05, 0) is 91.6 Å². The van der Waals surface area contributed by atoms with Crippen molar-refractivity contribution in [2.75, 3.05) is 16.0 Å². The van der Waals surface area contributed by atoms with Crippen molar-refractivity contribution < 1.29 is 14.4 Å². The van der Waals surface area contributed by atoms with Gasteiger partial charge in [-0.15, -0.1) is 0 Å². The van der Waals surface area contributed by atoms with Gasteiger partial charge in [0.1, 0.15) is 0 Å². The molecule has 3 amide bonds. The van der Waals surface area contributed by atoms with Crippen LogP contribution in [0.1, 0.15) is 107 Å². The van der Waals surface area contributed by atoms with Gasteiger partial charge in [-0.1, -0.05) is 94.6 Å². The summed E-state index contributed by atoms with van der Waals surface area (Å²) in [6, 6.07) is 27.9. The van der Waals surface area contributed by atoms with Crippen molar-refractivity contribution in [3.05, 3.63) is 124 Å². The Hall–Kier alpha value is -4.71. The lowest BCUT2D eigenvalue weighted by atomic mass is 10.0. The molecule has 4 aromatic carbocycles. The maximum absolute atomic E-state index is 13.7. The first-order valence-corrected chi connectivity index (χ1v) is 16.3. The quantitative estimate of drug-likeness (QED) is 0.126. The largest absolute Gasteiger partial charge is 0.322 e. The number of hydrogen-bond acceptors (Lipinski definition) is 3. The molecular formula is C39H45N3O3. The first-order chi connectivity index (χ1) is 21.9. The fraction of sp³-hybridized carbons (Fsp3) is 0.308. The van der Waals surface area contributed by atoms with E-state index in [9.17, 15) is 14.4 Å². The Bertz CT molecular complexity index is 1410. The Balaban J connectivity index is 1.68. The number of anilines is 3. The van der Waals surface area contributed by atoms with Gasteiger partial charge in [0.25, 0.3) is 17.7 Å². The Morgan fingerprint density at radius 1 is 0.444 bits per heavy atom. The summed E-state index contributed by atoms with van der Waals surface area (Å²) in [5.41, 5.74) is 6.03. The van der Waals surface area contributed by atoms with Gasteiger partial charge >= 0.3 is 0 Å². The van der Waals surface area contributed by atoms with E-state index in [1.54, 1.807) is 18.2 Å². The smallest absolute Gasteiger partial charge is 0.255 e. The fourth-order valence-corrected chi connectivity index (χ4v) is 5.29. The van der Waals surface area contributed by atoms with Gasteiger partial charge in [-0.2, -0.15) is 0 Å². The van der Waals surface area contributed by atoms with Crippen LogP contribution >= 0.6 is 0 Å². The van der Waals surface area contributed by atoms with Crippen LogP contribution in [-0.4, -0.2) is 17.7 Å². The summed E-state index contributed by atoms with van der Waals surface area (Å²) in [7, 11) is 0. The van der Waals surface area contributed by atoms with Gasteiger partial charge in [0.15, 0.2) is 0 Å². The molecular weight excluding hydrogens is 558 g/mol. The molecule has 0 spiro atoms. The second kappa shape index (κ2) is 17.0. The summed E-state index contributed by atoms with van der Waals surface area (Å²) >= 11 is 0. The zero-order chi connectivity index (χ0) is 32.0. The molecule has 0 fully saturated rings. The standard InChI is InChI=1S/C39H45N3O3/c1-4-7-16-28-19-10-13-22-34(28)40-37(43)31-25-32(38(44)41-35-23-14-11-20-29(35)17-8-5-2)27-33(26-31)39(45)42-36-24-15-12-21-30(36)18-9-6-3/h10-15,19-27H,4-9,16-18H2,1-3H3,(H,40,43)(H,41,44)(H,42,45). The summed E-state index contributed by atoms with van der Waals surface area (Å²) in [5, 5.41) is 9.09. The van der Waals surface area contributed by atoms with E-state index in [0.717, 1.165) is 91.5 Å². The van der Waals surface area contributed by atoms with Crippen LogP contribution < -0.4 is 16.0 Å². The van der Waals surface area contributed by atoms with E-state index in [2.05, 4.69) is 36.7 Å². The van der Waals surface area contributed by atoms with Crippen molar-refractivity contribution >= 4 is 34.8 Å². The lowest BCUT2D eigenvalue weighted by Gasteiger charge is -2.15. The van der Waals surface area contributed by atoms with Gasteiger partial charge in [-0.25, -0.2) is 0 Å². The van der Waals surface area contributed by atoms with Crippen LogP contribution in [0.5, 0.6) is 0 Å². The molecule has 0 aliphatic carbocycles. The number of unbranched alkanes of at least 4 members (excludes halogenated alkanes) is 3. The normalized spacial score (nSPS) is 10.7. The topological polar surface area (TPSA) is 87.3 Å². The van der Waals surface area contributed by atoms with Crippen LogP contribution in [0.4, 0.5) is 17.1 Å². The summed E-state index contributed by atoms with van der Waals surface area (Å²) in [6.07, 6.45) is 8.68. The monoisotopic (exact) mass is 603 g/mol.